The molecule has 2 rings (SSSR count). The Labute approximate surface area is 67.2 Å². The van der Waals surface area contributed by atoms with Crippen molar-refractivity contribution in [1.82, 2.24) is 0 Å². The molecule has 11 heavy (non-hydrogen) atoms. The van der Waals surface area contributed by atoms with Crippen LogP contribution in [-0.4, -0.2) is 22.4 Å². The van der Waals surface area contributed by atoms with Crippen molar-refractivity contribution in [3.8, 4) is 0 Å². The molecule has 3 unspecified atom stereocenters. The monoisotopic (exact) mass is 156 g/mol. The first-order valence-electron chi connectivity index (χ1n) is 4.60. The summed E-state index contributed by atoms with van der Waals surface area (Å²) in [6.45, 7) is 0.174. The summed E-state index contributed by atoms with van der Waals surface area (Å²) in [6, 6.07) is 0. The molecule has 2 aliphatic carbocycles. The number of hydrogen-bond acceptors (Lipinski definition) is 2. The second-order valence-corrected chi connectivity index (χ2v) is 4.05. The van der Waals surface area contributed by atoms with Gasteiger partial charge in [0.15, 0.2) is 0 Å². The fraction of sp³-hybridized carbons (Fsp3) is 1.00. The zero-order chi connectivity index (χ0) is 7.90. The van der Waals surface area contributed by atoms with Gasteiger partial charge >= 0.3 is 0 Å². The Morgan fingerprint density at radius 1 is 1.36 bits per heavy atom. The van der Waals surface area contributed by atoms with Crippen LogP contribution in [0.1, 0.15) is 32.1 Å². The Kier molecular flexibility index (Phi) is 1.69. The van der Waals surface area contributed by atoms with Gasteiger partial charge in [-0.05, 0) is 25.2 Å². The average Bonchev–Trinajstić information content (AvgIpc) is 1.99. The van der Waals surface area contributed by atoms with Crippen molar-refractivity contribution >= 4 is 0 Å². The first-order valence-corrected chi connectivity index (χ1v) is 4.60. The Balaban J connectivity index is 2.04. The van der Waals surface area contributed by atoms with Crippen LogP contribution in [0.15, 0.2) is 0 Å². The summed E-state index contributed by atoms with van der Waals surface area (Å²) in [7, 11) is 0. The van der Waals surface area contributed by atoms with E-state index in [1.807, 2.05) is 0 Å². The number of fused-ring (bicyclic) bond motifs is 1. The summed E-state index contributed by atoms with van der Waals surface area (Å²) in [5.41, 5.74) is -0.465. The standard InChI is InChI=1S/C9H16O2/c10-6-8-5-7-3-1-2-4-9(7,8)11/h7-8,10-11H,1-6H2. The Morgan fingerprint density at radius 3 is 2.82 bits per heavy atom. The first kappa shape index (κ1) is 7.56. The summed E-state index contributed by atoms with van der Waals surface area (Å²) >= 11 is 0. The van der Waals surface area contributed by atoms with Gasteiger partial charge in [-0.25, -0.2) is 0 Å². The van der Waals surface area contributed by atoms with Gasteiger partial charge in [-0.15, -0.1) is 0 Å². The summed E-state index contributed by atoms with van der Waals surface area (Å²) in [5.74, 6) is 0.696. The Morgan fingerprint density at radius 2 is 2.18 bits per heavy atom. The third kappa shape index (κ3) is 0.926. The zero-order valence-electron chi connectivity index (χ0n) is 6.79. The van der Waals surface area contributed by atoms with Gasteiger partial charge < -0.3 is 10.2 Å². The number of rotatable bonds is 1. The van der Waals surface area contributed by atoms with Crippen molar-refractivity contribution in [2.45, 2.75) is 37.7 Å². The first-order chi connectivity index (χ1) is 5.27. The molecule has 0 saturated heterocycles. The molecule has 0 bridgehead atoms. The van der Waals surface area contributed by atoms with Crippen LogP contribution in [0.3, 0.4) is 0 Å². The molecule has 0 aromatic heterocycles. The minimum absolute atomic E-state index is 0.174. The minimum Gasteiger partial charge on any atom is -0.396 e. The highest BCUT2D eigenvalue weighted by atomic mass is 16.3. The van der Waals surface area contributed by atoms with E-state index >= 15 is 0 Å². The molecule has 0 heterocycles. The van der Waals surface area contributed by atoms with Gasteiger partial charge in [0.05, 0.1) is 5.60 Å². The van der Waals surface area contributed by atoms with Crippen LogP contribution in [0.4, 0.5) is 0 Å². The van der Waals surface area contributed by atoms with Gasteiger partial charge in [0.25, 0.3) is 0 Å². The van der Waals surface area contributed by atoms with Crippen molar-refractivity contribution in [2.75, 3.05) is 6.61 Å². The molecule has 2 N–H and O–H groups in total. The van der Waals surface area contributed by atoms with E-state index in [4.69, 9.17) is 5.11 Å². The van der Waals surface area contributed by atoms with Crippen LogP contribution in [0.5, 0.6) is 0 Å². The molecule has 2 fully saturated rings. The van der Waals surface area contributed by atoms with Crippen molar-refractivity contribution in [1.29, 1.82) is 0 Å². The van der Waals surface area contributed by atoms with Crippen molar-refractivity contribution < 1.29 is 10.2 Å². The number of hydrogen-bond donors (Lipinski definition) is 2. The Hall–Kier alpha value is -0.0800. The highest BCUT2D eigenvalue weighted by molar-refractivity contribution is 5.04. The zero-order valence-corrected chi connectivity index (χ0v) is 6.79. The van der Waals surface area contributed by atoms with Crippen LogP contribution in [-0.2, 0) is 0 Å². The predicted octanol–water partition coefficient (Wildman–Crippen LogP) is 0.920. The summed E-state index contributed by atoms with van der Waals surface area (Å²) in [6.07, 6.45) is 5.55. The maximum Gasteiger partial charge on any atom is 0.0725 e. The largest absolute Gasteiger partial charge is 0.396 e. The third-order valence-corrected chi connectivity index (χ3v) is 3.58. The van der Waals surface area contributed by atoms with Crippen LogP contribution < -0.4 is 0 Å². The number of aliphatic hydroxyl groups excluding tert-OH is 1. The SMILES string of the molecule is OCC1CC2CCCCC12O. The second kappa shape index (κ2) is 2.46. The van der Waals surface area contributed by atoms with E-state index in [1.54, 1.807) is 0 Å². The minimum atomic E-state index is -0.465. The van der Waals surface area contributed by atoms with Crippen LogP contribution in [0.2, 0.25) is 0 Å². The molecule has 0 amide bonds. The fourth-order valence-corrected chi connectivity index (χ4v) is 2.73. The molecule has 2 aliphatic rings. The highest BCUT2D eigenvalue weighted by Crippen LogP contribution is 2.52. The van der Waals surface area contributed by atoms with Gasteiger partial charge in [0, 0.05) is 12.5 Å². The van der Waals surface area contributed by atoms with E-state index in [1.165, 1.54) is 12.8 Å². The molecule has 0 aromatic carbocycles. The smallest absolute Gasteiger partial charge is 0.0725 e. The van der Waals surface area contributed by atoms with E-state index < -0.39 is 5.60 Å². The van der Waals surface area contributed by atoms with Gasteiger partial charge in [0.1, 0.15) is 0 Å². The molecule has 2 nitrogen and oxygen atoms in total. The average molecular weight is 156 g/mol. The fourth-order valence-electron chi connectivity index (χ4n) is 2.73. The lowest BCUT2D eigenvalue weighted by Crippen LogP contribution is -2.58. The predicted molar refractivity (Wildman–Crippen MR) is 42.1 cm³/mol. The molecular formula is C9H16O2. The van der Waals surface area contributed by atoms with Crippen LogP contribution >= 0.6 is 0 Å². The molecule has 3 atom stereocenters. The molecule has 2 saturated carbocycles. The molecule has 2 heteroatoms. The Bertz CT molecular complexity index is 152. The maximum atomic E-state index is 10.0. The summed E-state index contributed by atoms with van der Waals surface area (Å²) < 4.78 is 0. The lowest BCUT2D eigenvalue weighted by molar-refractivity contribution is -0.184. The lowest BCUT2D eigenvalue weighted by atomic mass is 9.55. The molecule has 0 aliphatic heterocycles. The number of aliphatic hydroxyl groups is 2. The summed E-state index contributed by atoms with van der Waals surface area (Å²) in [5, 5.41) is 19.0. The quantitative estimate of drug-likeness (QED) is 0.592. The van der Waals surface area contributed by atoms with Gasteiger partial charge in [0.2, 0.25) is 0 Å². The van der Waals surface area contributed by atoms with E-state index in [0.717, 1.165) is 19.3 Å². The van der Waals surface area contributed by atoms with Gasteiger partial charge in [-0.3, -0.25) is 0 Å². The second-order valence-electron chi connectivity index (χ2n) is 4.05. The van der Waals surface area contributed by atoms with E-state index in [9.17, 15) is 5.11 Å². The van der Waals surface area contributed by atoms with E-state index in [-0.39, 0.29) is 12.5 Å². The van der Waals surface area contributed by atoms with Crippen molar-refractivity contribution in [3.05, 3.63) is 0 Å². The highest BCUT2D eigenvalue weighted by Gasteiger charge is 2.53. The van der Waals surface area contributed by atoms with Crippen molar-refractivity contribution in [2.24, 2.45) is 11.8 Å². The molecular weight excluding hydrogens is 140 g/mol. The summed E-state index contributed by atoms with van der Waals surface area (Å²) in [4.78, 5) is 0. The van der Waals surface area contributed by atoms with Crippen LogP contribution in [0, 0.1) is 11.8 Å². The maximum absolute atomic E-state index is 10.0. The topological polar surface area (TPSA) is 40.5 Å². The van der Waals surface area contributed by atoms with E-state index in [2.05, 4.69) is 0 Å². The molecule has 0 radical (unpaired) electrons. The molecule has 64 valence electrons. The third-order valence-electron chi connectivity index (χ3n) is 3.58. The van der Waals surface area contributed by atoms with Gasteiger partial charge in [-0.1, -0.05) is 12.8 Å². The van der Waals surface area contributed by atoms with E-state index in [0.29, 0.717) is 5.92 Å². The van der Waals surface area contributed by atoms with Crippen LogP contribution in [0.25, 0.3) is 0 Å². The molecule has 0 aromatic rings. The van der Waals surface area contributed by atoms with Crippen molar-refractivity contribution in [3.63, 3.8) is 0 Å². The lowest BCUT2D eigenvalue weighted by Gasteiger charge is -2.54. The molecule has 0 spiro atoms. The normalized spacial score (nSPS) is 49.6. The van der Waals surface area contributed by atoms with Gasteiger partial charge in [-0.2, -0.15) is 0 Å².